The first-order valence-electron chi connectivity index (χ1n) is 6.49. The molecule has 0 bridgehead atoms. The van der Waals surface area contributed by atoms with E-state index in [4.69, 9.17) is 11.6 Å². The quantitative estimate of drug-likeness (QED) is 0.451. The number of hydrogen-bond acceptors (Lipinski definition) is 1. The van der Waals surface area contributed by atoms with Gasteiger partial charge in [0.25, 0.3) is 0 Å². The Hall–Kier alpha value is 0.0300. The third-order valence-electron chi connectivity index (χ3n) is 3.93. The third-order valence-corrected chi connectivity index (χ3v) is 4.06. The van der Waals surface area contributed by atoms with Crippen molar-refractivity contribution >= 4 is 41.5 Å². The van der Waals surface area contributed by atoms with Crippen LogP contribution < -0.4 is 5.32 Å². The predicted octanol–water partition coefficient (Wildman–Crippen LogP) is 3.05. The van der Waals surface area contributed by atoms with Crippen LogP contribution in [0.5, 0.6) is 0 Å². The average molecular weight is 384 g/mol. The van der Waals surface area contributed by atoms with E-state index in [-0.39, 0.29) is 24.0 Å². The van der Waals surface area contributed by atoms with Crippen molar-refractivity contribution in [2.75, 3.05) is 26.7 Å². The number of likely N-dealkylation sites (tertiary alicyclic amines) is 1. The van der Waals surface area contributed by atoms with Crippen LogP contribution in [0.4, 0.5) is 0 Å². The highest BCUT2D eigenvalue weighted by Crippen LogP contribution is 2.35. The van der Waals surface area contributed by atoms with E-state index in [9.17, 15) is 0 Å². The first-order chi connectivity index (χ1) is 8.20. The Morgan fingerprint density at radius 2 is 1.89 bits per heavy atom. The summed E-state index contributed by atoms with van der Waals surface area (Å²) in [5, 5.41) is 3.89. The second-order valence-corrected chi connectivity index (χ2v) is 5.66. The van der Waals surface area contributed by atoms with Crippen LogP contribution in [0.15, 0.2) is 16.6 Å². The predicted molar refractivity (Wildman–Crippen MR) is 88.8 cm³/mol. The monoisotopic (exact) mass is 383 g/mol. The molecule has 1 N–H and O–H groups in total. The average Bonchev–Trinajstić information content (AvgIpc) is 2.72. The molecule has 0 aromatic heterocycles. The zero-order chi connectivity index (χ0) is 12.3. The lowest BCUT2D eigenvalue weighted by atomic mass is 9.82. The fraction of sp³-hybridized carbons (Fsp3) is 0.769. The number of aliphatic imine (C=N–C) groups is 1. The molecule has 2 unspecified atom stereocenters. The molecule has 1 saturated carbocycles. The van der Waals surface area contributed by atoms with Gasteiger partial charge in [-0.3, -0.25) is 4.99 Å². The smallest absolute Gasteiger partial charge is 0.193 e. The highest BCUT2D eigenvalue weighted by atomic mass is 127. The van der Waals surface area contributed by atoms with E-state index in [0.717, 1.165) is 30.9 Å². The van der Waals surface area contributed by atoms with Crippen LogP contribution in [-0.4, -0.2) is 37.5 Å². The highest BCUT2D eigenvalue weighted by Gasteiger charge is 2.35. The summed E-state index contributed by atoms with van der Waals surface area (Å²) in [5.74, 6) is 2.73. The van der Waals surface area contributed by atoms with Crippen molar-refractivity contribution in [3.8, 4) is 0 Å². The lowest BCUT2D eigenvalue weighted by molar-refractivity contribution is 0.299. The molecule has 104 valence electrons. The second-order valence-electron chi connectivity index (χ2n) is 5.13. The maximum atomic E-state index is 5.78. The molecule has 0 radical (unpaired) electrons. The van der Waals surface area contributed by atoms with E-state index in [1.165, 1.54) is 25.7 Å². The van der Waals surface area contributed by atoms with Gasteiger partial charge >= 0.3 is 0 Å². The summed E-state index contributed by atoms with van der Waals surface area (Å²) < 4.78 is 0. The van der Waals surface area contributed by atoms with Crippen molar-refractivity contribution in [2.45, 2.75) is 25.7 Å². The van der Waals surface area contributed by atoms with Crippen molar-refractivity contribution in [3.05, 3.63) is 11.6 Å². The van der Waals surface area contributed by atoms with Gasteiger partial charge in [-0.2, -0.15) is 0 Å². The second kappa shape index (κ2) is 7.58. The Morgan fingerprint density at radius 1 is 1.33 bits per heavy atom. The summed E-state index contributed by atoms with van der Waals surface area (Å²) >= 11 is 5.78. The molecular weight excluding hydrogens is 361 g/mol. The SMILES string of the molecule is C=C(Cl)CNC(=NC)N1CC2CCCCC2C1.I. The molecule has 2 atom stereocenters. The molecule has 0 amide bonds. The van der Waals surface area contributed by atoms with Gasteiger partial charge in [0.1, 0.15) is 0 Å². The van der Waals surface area contributed by atoms with Crippen LogP contribution >= 0.6 is 35.6 Å². The van der Waals surface area contributed by atoms with Gasteiger partial charge in [0.05, 0.1) is 6.54 Å². The summed E-state index contributed by atoms with van der Waals surface area (Å²) in [7, 11) is 1.83. The van der Waals surface area contributed by atoms with Crippen LogP contribution in [0.3, 0.4) is 0 Å². The Balaban J connectivity index is 0.00000162. The minimum absolute atomic E-state index is 0. The van der Waals surface area contributed by atoms with E-state index in [2.05, 4.69) is 21.8 Å². The molecule has 1 saturated heterocycles. The van der Waals surface area contributed by atoms with Gasteiger partial charge in [0, 0.05) is 25.2 Å². The zero-order valence-corrected chi connectivity index (χ0v) is 14.1. The third kappa shape index (κ3) is 4.02. The Morgan fingerprint density at radius 3 is 2.33 bits per heavy atom. The maximum Gasteiger partial charge on any atom is 0.193 e. The Bertz CT molecular complexity index is 305. The zero-order valence-electron chi connectivity index (χ0n) is 11.0. The molecule has 0 aromatic rings. The molecule has 1 aliphatic carbocycles. The lowest BCUT2D eigenvalue weighted by Crippen LogP contribution is -2.40. The molecule has 5 heteroatoms. The first-order valence-corrected chi connectivity index (χ1v) is 6.87. The van der Waals surface area contributed by atoms with Crippen LogP contribution in [0.1, 0.15) is 25.7 Å². The van der Waals surface area contributed by atoms with Crippen LogP contribution in [0.2, 0.25) is 0 Å². The van der Waals surface area contributed by atoms with Crippen molar-refractivity contribution in [2.24, 2.45) is 16.8 Å². The molecule has 1 heterocycles. The van der Waals surface area contributed by atoms with Crippen molar-refractivity contribution in [1.82, 2.24) is 10.2 Å². The van der Waals surface area contributed by atoms with E-state index in [0.29, 0.717) is 11.6 Å². The number of nitrogens with zero attached hydrogens (tertiary/aromatic N) is 2. The number of guanidine groups is 1. The largest absolute Gasteiger partial charge is 0.351 e. The Kier molecular flexibility index (Phi) is 6.77. The molecule has 18 heavy (non-hydrogen) atoms. The van der Waals surface area contributed by atoms with E-state index < -0.39 is 0 Å². The molecule has 2 rings (SSSR count). The lowest BCUT2D eigenvalue weighted by Gasteiger charge is -2.22. The van der Waals surface area contributed by atoms with Gasteiger partial charge in [-0.25, -0.2) is 0 Å². The van der Waals surface area contributed by atoms with Crippen LogP contribution in [0.25, 0.3) is 0 Å². The molecule has 0 spiro atoms. The molecule has 1 aliphatic heterocycles. The summed E-state index contributed by atoms with van der Waals surface area (Å²) in [6, 6.07) is 0. The number of rotatable bonds is 2. The van der Waals surface area contributed by atoms with Gasteiger partial charge < -0.3 is 10.2 Å². The normalized spacial score (nSPS) is 27.4. The number of halogens is 2. The molecule has 2 aliphatic rings. The Labute approximate surface area is 132 Å². The first kappa shape index (κ1) is 16.1. The number of nitrogens with one attached hydrogen (secondary N) is 1. The fourth-order valence-corrected chi connectivity index (χ4v) is 3.15. The van der Waals surface area contributed by atoms with Gasteiger partial charge in [-0.1, -0.05) is 31.0 Å². The summed E-state index contributed by atoms with van der Waals surface area (Å²) in [6.45, 7) is 6.59. The fourth-order valence-electron chi connectivity index (χ4n) is 3.09. The molecule has 3 nitrogen and oxygen atoms in total. The van der Waals surface area contributed by atoms with Crippen LogP contribution in [0, 0.1) is 11.8 Å². The van der Waals surface area contributed by atoms with Crippen molar-refractivity contribution < 1.29 is 0 Å². The van der Waals surface area contributed by atoms with Crippen molar-refractivity contribution in [3.63, 3.8) is 0 Å². The van der Waals surface area contributed by atoms with E-state index >= 15 is 0 Å². The number of fused-ring (bicyclic) bond motifs is 1. The summed E-state index contributed by atoms with van der Waals surface area (Å²) in [6.07, 6.45) is 5.58. The molecular formula is C13H23ClIN3. The van der Waals surface area contributed by atoms with E-state index in [1.54, 1.807) is 0 Å². The minimum atomic E-state index is 0. The number of hydrogen-bond donors (Lipinski definition) is 1. The van der Waals surface area contributed by atoms with E-state index in [1.807, 2.05) is 7.05 Å². The molecule has 0 aromatic carbocycles. The maximum absolute atomic E-state index is 5.78. The van der Waals surface area contributed by atoms with Gasteiger partial charge in [-0.05, 0) is 24.7 Å². The molecule has 2 fully saturated rings. The van der Waals surface area contributed by atoms with Gasteiger partial charge in [0.2, 0.25) is 0 Å². The van der Waals surface area contributed by atoms with Crippen LogP contribution in [-0.2, 0) is 0 Å². The highest BCUT2D eigenvalue weighted by molar-refractivity contribution is 14.0. The standard InChI is InChI=1S/C13H22ClN3.HI/c1-10(14)7-16-13(15-2)17-8-11-5-3-4-6-12(11)9-17;/h11-12H,1,3-9H2,2H3,(H,15,16);1H. The van der Waals surface area contributed by atoms with Gasteiger partial charge in [0.15, 0.2) is 5.96 Å². The minimum Gasteiger partial charge on any atom is -0.351 e. The van der Waals surface area contributed by atoms with Crippen molar-refractivity contribution in [1.29, 1.82) is 0 Å². The van der Waals surface area contributed by atoms with Gasteiger partial charge in [-0.15, -0.1) is 24.0 Å². The summed E-state index contributed by atoms with van der Waals surface area (Å²) in [5.41, 5.74) is 0. The summed E-state index contributed by atoms with van der Waals surface area (Å²) in [4.78, 5) is 6.71. The topological polar surface area (TPSA) is 27.6 Å².